The van der Waals surface area contributed by atoms with Crippen molar-refractivity contribution in [3.05, 3.63) is 66.1 Å². The molecule has 0 saturated carbocycles. The Bertz CT molecular complexity index is 758. The summed E-state index contributed by atoms with van der Waals surface area (Å²) >= 11 is 1.67. The molecule has 0 bridgehead atoms. The summed E-state index contributed by atoms with van der Waals surface area (Å²) in [4.78, 5) is 5.39. The molecule has 0 aliphatic rings. The van der Waals surface area contributed by atoms with E-state index in [1.807, 2.05) is 24.3 Å². The lowest BCUT2D eigenvalue weighted by Crippen LogP contribution is -1.90. The Kier molecular flexibility index (Phi) is 3.56. The zero-order valence-electron chi connectivity index (χ0n) is 10.7. The van der Waals surface area contributed by atoms with Gasteiger partial charge >= 0.3 is 0 Å². The molecule has 2 nitrogen and oxygen atoms in total. The first-order valence-corrected chi connectivity index (χ1v) is 7.23. The quantitative estimate of drug-likeness (QED) is 0.577. The number of fused-ring (bicyclic) bond motifs is 1. The van der Waals surface area contributed by atoms with Gasteiger partial charge < -0.3 is 5.73 Å². The number of anilines is 1. The second-order valence-electron chi connectivity index (χ2n) is 4.47. The zero-order chi connectivity index (χ0) is 13.9. The van der Waals surface area contributed by atoms with E-state index in [1.54, 1.807) is 36.2 Å². The molecule has 1 aromatic heterocycles. The van der Waals surface area contributed by atoms with Gasteiger partial charge in [0.05, 0.1) is 5.52 Å². The van der Waals surface area contributed by atoms with Crippen molar-refractivity contribution in [2.24, 2.45) is 0 Å². The van der Waals surface area contributed by atoms with Crippen LogP contribution in [0.1, 0.15) is 5.56 Å². The Balaban J connectivity index is 1.90. The summed E-state index contributed by atoms with van der Waals surface area (Å²) in [6.45, 7) is 0. The number of nitrogens with zero attached hydrogens (tertiary/aromatic N) is 1. The van der Waals surface area contributed by atoms with E-state index in [4.69, 9.17) is 5.73 Å². The van der Waals surface area contributed by atoms with Gasteiger partial charge in [-0.2, -0.15) is 0 Å². The SMILES string of the molecule is Nc1cccc(SCc2ccc(F)c3cccnc23)c1. The van der Waals surface area contributed by atoms with Crippen LogP contribution < -0.4 is 5.73 Å². The number of thioether (sulfide) groups is 1. The Morgan fingerprint density at radius 2 is 2.00 bits per heavy atom. The molecular weight excluding hydrogens is 271 g/mol. The highest BCUT2D eigenvalue weighted by Crippen LogP contribution is 2.28. The zero-order valence-corrected chi connectivity index (χ0v) is 11.5. The van der Waals surface area contributed by atoms with Crippen LogP contribution in [0.2, 0.25) is 0 Å². The molecule has 0 unspecified atom stereocenters. The van der Waals surface area contributed by atoms with Gasteiger partial charge in [-0.1, -0.05) is 12.1 Å². The van der Waals surface area contributed by atoms with Crippen LogP contribution in [0.5, 0.6) is 0 Å². The summed E-state index contributed by atoms with van der Waals surface area (Å²) in [6, 6.07) is 14.5. The highest BCUT2D eigenvalue weighted by atomic mass is 32.2. The lowest BCUT2D eigenvalue weighted by molar-refractivity contribution is 0.639. The lowest BCUT2D eigenvalue weighted by atomic mass is 10.1. The van der Waals surface area contributed by atoms with Gasteiger partial charge in [0.2, 0.25) is 0 Å². The first kappa shape index (κ1) is 12.9. The number of aromatic nitrogens is 1. The Hall–Kier alpha value is -2.07. The largest absolute Gasteiger partial charge is 0.399 e. The lowest BCUT2D eigenvalue weighted by Gasteiger charge is -2.07. The maximum atomic E-state index is 13.7. The van der Waals surface area contributed by atoms with Crippen LogP contribution in [-0.2, 0) is 5.75 Å². The molecule has 2 N–H and O–H groups in total. The van der Waals surface area contributed by atoms with E-state index in [2.05, 4.69) is 4.98 Å². The summed E-state index contributed by atoms with van der Waals surface area (Å²) < 4.78 is 13.7. The summed E-state index contributed by atoms with van der Waals surface area (Å²) in [5.41, 5.74) is 8.26. The first-order valence-electron chi connectivity index (χ1n) is 6.24. The molecule has 100 valence electrons. The average molecular weight is 284 g/mol. The van der Waals surface area contributed by atoms with Crippen LogP contribution >= 0.6 is 11.8 Å². The Labute approximate surface area is 120 Å². The number of nitrogen functional groups attached to an aromatic ring is 1. The molecule has 1 heterocycles. The average Bonchev–Trinajstić information content (AvgIpc) is 2.47. The van der Waals surface area contributed by atoms with Crippen molar-refractivity contribution < 1.29 is 4.39 Å². The molecule has 0 spiro atoms. The molecule has 2 aromatic carbocycles. The van der Waals surface area contributed by atoms with E-state index >= 15 is 0 Å². The number of rotatable bonds is 3. The maximum absolute atomic E-state index is 13.7. The van der Waals surface area contributed by atoms with E-state index in [1.165, 1.54) is 6.07 Å². The standard InChI is InChI=1S/C16H13FN2S/c17-15-7-6-11(16-14(15)5-2-8-19-16)10-20-13-4-1-3-12(18)9-13/h1-9H,10,18H2. The molecule has 0 amide bonds. The van der Waals surface area contributed by atoms with E-state index in [0.29, 0.717) is 5.39 Å². The third-order valence-corrected chi connectivity index (χ3v) is 4.10. The van der Waals surface area contributed by atoms with E-state index < -0.39 is 0 Å². The van der Waals surface area contributed by atoms with Crippen LogP contribution in [0.3, 0.4) is 0 Å². The highest BCUT2D eigenvalue weighted by Gasteiger charge is 2.07. The van der Waals surface area contributed by atoms with Crippen molar-refractivity contribution in [2.75, 3.05) is 5.73 Å². The monoisotopic (exact) mass is 284 g/mol. The summed E-state index contributed by atoms with van der Waals surface area (Å²) in [5.74, 6) is 0.503. The fourth-order valence-corrected chi connectivity index (χ4v) is 3.03. The molecule has 0 atom stereocenters. The molecule has 0 fully saturated rings. The molecule has 4 heteroatoms. The van der Waals surface area contributed by atoms with Gasteiger partial charge in [0, 0.05) is 27.9 Å². The van der Waals surface area contributed by atoms with Gasteiger partial charge in [-0.3, -0.25) is 4.98 Å². The van der Waals surface area contributed by atoms with Crippen LogP contribution in [0.25, 0.3) is 10.9 Å². The molecule has 0 saturated heterocycles. The highest BCUT2D eigenvalue weighted by molar-refractivity contribution is 7.98. The van der Waals surface area contributed by atoms with Crippen LogP contribution in [0.4, 0.5) is 10.1 Å². The van der Waals surface area contributed by atoms with Crippen molar-refractivity contribution in [3.8, 4) is 0 Å². The third-order valence-electron chi connectivity index (χ3n) is 3.05. The van der Waals surface area contributed by atoms with Gasteiger partial charge in [0.25, 0.3) is 0 Å². The Morgan fingerprint density at radius 1 is 1.10 bits per heavy atom. The molecule has 0 radical (unpaired) electrons. The maximum Gasteiger partial charge on any atom is 0.132 e. The minimum Gasteiger partial charge on any atom is -0.399 e. The van der Waals surface area contributed by atoms with E-state index in [-0.39, 0.29) is 5.82 Å². The van der Waals surface area contributed by atoms with Gasteiger partial charge in [-0.15, -0.1) is 11.8 Å². The van der Waals surface area contributed by atoms with Crippen molar-refractivity contribution in [1.29, 1.82) is 0 Å². The van der Waals surface area contributed by atoms with Gasteiger partial charge in [0.1, 0.15) is 5.82 Å². The predicted molar refractivity (Wildman–Crippen MR) is 82.1 cm³/mol. The van der Waals surface area contributed by atoms with Gasteiger partial charge in [-0.25, -0.2) is 4.39 Å². The van der Waals surface area contributed by atoms with Crippen LogP contribution in [-0.4, -0.2) is 4.98 Å². The first-order chi connectivity index (χ1) is 9.74. The van der Waals surface area contributed by atoms with Crippen molar-refractivity contribution in [2.45, 2.75) is 10.6 Å². The van der Waals surface area contributed by atoms with Crippen molar-refractivity contribution >= 4 is 28.4 Å². The number of benzene rings is 2. The normalized spacial score (nSPS) is 10.8. The summed E-state index contributed by atoms with van der Waals surface area (Å²) in [5, 5.41) is 0.568. The van der Waals surface area contributed by atoms with E-state index in [0.717, 1.165) is 27.4 Å². The smallest absolute Gasteiger partial charge is 0.132 e. The topological polar surface area (TPSA) is 38.9 Å². The van der Waals surface area contributed by atoms with Crippen LogP contribution in [0.15, 0.2) is 59.6 Å². The third kappa shape index (κ3) is 2.60. The van der Waals surface area contributed by atoms with Crippen molar-refractivity contribution in [1.82, 2.24) is 4.98 Å². The molecule has 20 heavy (non-hydrogen) atoms. The number of halogens is 1. The van der Waals surface area contributed by atoms with Gasteiger partial charge in [0.15, 0.2) is 0 Å². The molecule has 0 aliphatic heterocycles. The van der Waals surface area contributed by atoms with Gasteiger partial charge in [-0.05, 0) is 42.0 Å². The number of hydrogen-bond acceptors (Lipinski definition) is 3. The van der Waals surface area contributed by atoms with Crippen LogP contribution in [0, 0.1) is 5.82 Å². The molecular formula is C16H13FN2S. The van der Waals surface area contributed by atoms with Crippen molar-refractivity contribution in [3.63, 3.8) is 0 Å². The molecule has 3 aromatic rings. The minimum atomic E-state index is -0.231. The fourth-order valence-electron chi connectivity index (χ4n) is 2.08. The summed E-state index contributed by atoms with van der Waals surface area (Å²) in [7, 11) is 0. The Morgan fingerprint density at radius 3 is 2.85 bits per heavy atom. The molecule has 0 aliphatic carbocycles. The minimum absolute atomic E-state index is 0.231. The second kappa shape index (κ2) is 5.51. The summed E-state index contributed by atoms with van der Waals surface area (Å²) in [6.07, 6.45) is 1.69. The second-order valence-corrected chi connectivity index (χ2v) is 5.52. The number of hydrogen-bond donors (Lipinski definition) is 1. The fraction of sp³-hybridized carbons (Fsp3) is 0.0625. The van der Waals surface area contributed by atoms with E-state index in [9.17, 15) is 4.39 Å². The predicted octanol–water partition coefficient (Wildman–Crippen LogP) is 4.25. The number of pyridine rings is 1. The number of nitrogens with two attached hydrogens (primary N) is 1. The molecule has 3 rings (SSSR count).